The molecule has 0 radical (unpaired) electrons. The minimum absolute atomic E-state index is 0.0275. The fraction of sp³-hybridized carbons (Fsp3) is 0.562. The van der Waals surface area contributed by atoms with Crippen molar-refractivity contribution in [1.29, 1.82) is 0 Å². The van der Waals surface area contributed by atoms with E-state index in [9.17, 15) is 4.79 Å². The molecular formula is C16H23ClN2O2. The van der Waals surface area contributed by atoms with E-state index < -0.39 is 0 Å². The van der Waals surface area contributed by atoms with Gasteiger partial charge in [0.1, 0.15) is 6.61 Å². The zero-order valence-corrected chi connectivity index (χ0v) is 13.2. The second-order valence-electron chi connectivity index (χ2n) is 5.27. The van der Waals surface area contributed by atoms with Crippen LogP contribution in [0.2, 0.25) is 5.02 Å². The van der Waals surface area contributed by atoms with Crippen LogP contribution in [0.4, 0.5) is 0 Å². The first-order chi connectivity index (χ1) is 10.2. The zero-order chi connectivity index (χ0) is 15.1. The van der Waals surface area contributed by atoms with Crippen molar-refractivity contribution in [2.75, 3.05) is 32.8 Å². The number of halogens is 1. The van der Waals surface area contributed by atoms with Crippen LogP contribution in [0.3, 0.4) is 0 Å². The van der Waals surface area contributed by atoms with Gasteiger partial charge >= 0.3 is 0 Å². The number of carbonyl (C=O) groups is 1. The van der Waals surface area contributed by atoms with Crippen LogP contribution in [-0.4, -0.2) is 43.7 Å². The average molecular weight is 311 g/mol. The molecule has 1 aromatic rings. The number of rotatable bonds is 6. The van der Waals surface area contributed by atoms with E-state index in [-0.39, 0.29) is 18.6 Å². The van der Waals surface area contributed by atoms with Crippen molar-refractivity contribution in [1.82, 2.24) is 10.2 Å². The fourth-order valence-corrected chi connectivity index (χ4v) is 2.70. The van der Waals surface area contributed by atoms with Crippen molar-refractivity contribution in [3.63, 3.8) is 0 Å². The van der Waals surface area contributed by atoms with Crippen molar-refractivity contribution in [3.8, 4) is 0 Å². The fourth-order valence-electron chi connectivity index (χ4n) is 2.50. The number of nitrogens with zero attached hydrogens (tertiary/aromatic N) is 1. The summed E-state index contributed by atoms with van der Waals surface area (Å²) in [6.45, 7) is 5.19. The molecule has 1 unspecified atom stereocenters. The molecule has 1 aromatic carbocycles. The quantitative estimate of drug-likeness (QED) is 0.821. The van der Waals surface area contributed by atoms with Gasteiger partial charge in [0.25, 0.3) is 0 Å². The van der Waals surface area contributed by atoms with Gasteiger partial charge in [-0.2, -0.15) is 0 Å². The number of hydrogen-bond donors (Lipinski definition) is 1. The molecular weight excluding hydrogens is 288 g/mol. The summed E-state index contributed by atoms with van der Waals surface area (Å²) in [6.07, 6.45) is 2.07. The number of unbranched alkanes of at least 4 members (excludes halogenated alkanes) is 1. The molecule has 1 heterocycles. The SMILES string of the molecule is CCCCOCC(=O)N1CCNCC1c1cccc(Cl)c1. The Hall–Kier alpha value is -1.10. The van der Waals surface area contributed by atoms with Crippen LogP contribution in [0, 0.1) is 0 Å². The molecule has 1 fully saturated rings. The van der Waals surface area contributed by atoms with E-state index in [0.29, 0.717) is 18.2 Å². The van der Waals surface area contributed by atoms with Gasteiger partial charge in [0.05, 0.1) is 6.04 Å². The largest absolute Gasteiger partial charge is 0.372 e. The molecule has 0 aromatic heterocycles. The first-order valence-corrected chi connectivity index (χ1v) is 7.93. The number of hydrogen-bond acceptors (Lipinski definition) is 3. The van der Waals surface area contributed by atoms with Crippen LogP contribution < -0.4 is 5.32 Å². The van der Waals surface area contributed by atoms with E-state index in [4.69, 9.17) is 16.3 Å². The Morgan fingerprint density at radius 3 is 3.14 bits per heavy atom. The molecule has 2 rings (SSSR count). The lowest BCUT2D eigenvalue weighted by molar-refractivity contribution is -0.139. The van der Waals surface area contributed by atoms with E-state index in [0.717, 1.165) is 31.5 Å². The Morgan fingerprint density at radius 1 is 1.52 bits per heavy atom. The van der Waals surface area contributed by atoms with Crippen LogP contribution in [-0.2, 0) is 9.53 Å². The Balaban J connectivity index is 2.00. The first kappa shape index (κ1) is 16.3. The summed E-state index contributed by atoms with van der Waals surface area (Å²) in [5.41, 5.74) is 1.07. The molecule has 1 aliphatic rings. The molecule has 116 valence electrons. The third kappa shape index (κ3) is 4.70. The third-order valence-electron chi connectivity index (χ3n) is 3.66. The van der Waals surface area contributed by atoms with Crippen molar-refractivity contribution in [3.05, 3.63) is 34.9 Å². The molecule has 5 heteroatoms. The molecule has 0 spiro atoms. The summed E-state index contributed by atoms with van der Waals surface area (Å²) in [4.78, 5) is 14.3. The van der Waals surface area contributed by atoms with E-state index in [1.165, 1.54) is 0 Å². The average Bonchev–Trinajstić information content (AvgIpc) is 2.51. The lowest BCUT2D eigenvalue weighted by Crippen LogP contribution is -2.49. The van der Waals surface area contributed by atoms with Gasteiger partial charge in [-0.15, -0.1) is 0 Å². The highest BCUT2D eigenvalue weighted by Gasteiger charge is 2.27. The Morgan fingerprint density at radius 2 is 2.38 bits per heavy atom. The minimum Gasteiger partial charge on any atom is -0.372 e. The summed E-state index contributed by atoms with van der Waals surface area (Å²) >= 11 is 6.06. The number of amides is 1. The highest BCUT2D eigenvalue weighted by atomic mass is 35.5. The van der Waals surface area contributed by atoms with Crippen LogP contribution in [0.1, 0.15) is 31.4 Å². The van der Waals surface area contributed by atoms with Crippen LogP contribution in [0.25, 0.3) is 0 Å². The summed E-state index contributed by atoms with van der Waals surface area (Å²) in [7, 11) is 0. The molecule has 1 aliphatic heterocycles. The van der Waals surface area contributed by atoms with Gasteiger partial charge in [0.15, 0.2) is 0 Å². The predicted octanol–water partition coefficient (Wildman–Crippen LogP) is 2.63. The maximum atomic E-state index is 12.4. The van der Waals surface area contributed by atoms with Crippen LogP contribution in [0.15, 0.2) is 24.3 Å². The van der Waals surface area contributed by atoms with Crippen LogP contribution >= 0.6 is 11.6 Å². The highest BCUT2D eigenvalue weighted by molar-refractivity contribution is 6.30. The lowest BCUT2D eigenvalue weighted by atomic mass is 10.0. The number of carbonyl (C=O) groups excluding carboxylic acids is 1. The highest BCUT2D eigenvalue weighted by Crippen LogP contribution is 2.24. The van der Waals surface area contributed by atoms with Gasteiger partial charge in [-0.05, 0) is 24.1 Å². The van der Waals surface area contributed by atoms with Crippen molar-refractivity contribution >= 4 is 17.5 Å². The van der Waals surface area contributed by atoms with Gasteiger partial charge < -0.3 is 15.0 Å². The number of nitrogens with one attached hydrogen (secondary N) is 1. The molecule has 1 atom stereocenters. The molecule has 0 saturated carbocycles. The molecule has 0 bridgehead atoms. The van der Waals surface area contributed by atoms with Gasteiger partial charge in [-0.3, -0.25) is 4.79 Å². The predicted molar refractivity (Wildman–Crippen MR) is 84.5 cm³/mol. The summed E-state index contributed by atoms with van der Waals surface area (Å²) in [6, 6.07) is 7.74. The molecule has 1 saturated heterocycles. The second kappa shape index (κ2) is 8.37. The maximum absolute atomic E-state index is 12.4. The Bertz CT molecular complexity index is 467. The number of benzene rings is 1. The number of piperazine rings is 1. The summed E-state index contributed by atoms with van der Waals surface area (Å²) in [5.74, 6) is 0.0533. The number of ether oxygens (including phenoxy) is 1. The van der Waals surface area contributed by atoms with Crippen molar-refractivity contribution in [2.24, 2.45) is 0 Å². The Kier molecular flexibility index (Phi) is 6.49. The van der Waals surface area contributed by atoms with Crippen molar-refractivity contribution in [2.45, 2.75) is 25.8 Å². The van der Waals surface area contributed by atoms with E-state index >= 15 is 0 Å². The molecule has 0 aliphatic carbocycles. The van der Waals surface area contributed by atoms with Gasteiger partial charge in [-0.1, -0.05) is 37.1 Å². The summed E-state index contributed by atoms with van der Waals surface area (Å²) in [5, 5.41) is 4.04. The van der Waals surface area contributed by atoms with Gasteiger partial charge in [0, 0.05) is 31.3 Å². The molecule has 1 amide bonds. The molecule has 1 N–H and O–H groups in total. The first-order valence-electron chi connectivity index (χ1n) is 7.55. The Labute approximate surface area is 131 Å². The maximum Gasteiger partial charge on any atom is 0.249 e. The van der Waals surface area contributed by atoms with Gasteiger partial charge in [-0.25, -0.2) is 0 Å². The lowest BCUT2D eigenvalue weighted by Gasteiger charge is -2.36. The minimum atomic E-state index is 0.0275. The molecule has 21 heavy (non-hydrogen) atoms. The second-order valence-corrected chi connectivity index (χ2v) is 5.70. The standard InChI is InChI=1S/C16H23ClN2O2/c1-2-3-9-21-12-16(20)19-8-7-18-11-15(19)13-5-4-6-14(17)10-13/h4-6,10,15,18H,2-3,7-9,11-12H2,1H3. The van der Waals surface area contributed by atoms with Gasteiger partial charge in [0.2, 0.25) is 5.91 Å². The topological polar surface area (TPSA) is 41.6 Å². The van der Waals surface area contributed by atoms with Crippen molar-refractivity contribution < 1.29 is 9.53 Å². The van der Waals surface area contributed by atoms with E-state index in [1.807, 2.05) is 29.2 Å². The normalized spacial score (nSPS) is 18.8. The summed E-state index contributed by atoms with van der Waals surface area (Å²) < 4.78 is 5.46. The van der Waals surface area contributed by atoms with E-state index in [1.54, 1.807) is 0 Å². The molecule has 4 nitrogen and oxygen atoms in total. The van der Waals surface area contributed by atoms with E-state index in [2.05, 4.69) is 12.2 Å². The third-order valence-corrected chi connectivity index (χ3v) is 3.90. The monoisotopic (exact) mass is 310 g/mol. The smallest absolute Gasteiger partial charge is 0.249 e. The van der Waals surface area contributed by atoms with Crippen LogP contribution in [0.5, 0.6) is 0 Å². The zero-order valence-electron chi connectivity index (χ0n) is 12.5.